The molecule has 0 aromatic heterocycles. The molecule has 0 radical (unpaired) electrons. The lowest BCUT2D eigenvalue weighted by atomic mass is 10.3. The number of halogens is 1. The molecule has 0 aromatic carbocycles. The molecule has 1 N–H and O–H groups in total. The molecule has 0 spiro atoms. The van der Waals surface area contributed by atoms with E-state index in [0.717, 1.165) is 12.8 Å². The third-order valence-electron chi connectivity index (χ3n) is 1.31. The van der Waals surface area contributed by atoms with E-state index in [0.29, 0.717) is 25.5 Å². The van der Waals surface area contributed by atoms with Crippen LogP contribution in [0.4, 0.5) is 4.79 Å². The number of unbranched alkanes of at least 4 members (excludes halogenated alkanes) is 1. The van der Waals surface area contributed by atoms with Gasteiger partial charge in [0.2, 0.25) is 0 Å². The largest absolute Gasteiger partial charge is 0.450 e. The maximum absolute atomic E-state index is 10.8. The van der Waals surface area contributed by atoms with Gasteiger partial charge in [-0.1, -0.05) is 13.3 Å². The molecule has 3 nitrogen and oxygen atoms in total. The lowest BCUT2D eigenvalue weighted by Crippen LogP contribution is -2.25. The fourth-order valence-electron chi connectivity index (χ4n) is 0.638. The quantitative estimate of drug-likeness (QED) is 0.519. The lowest BCUT2D eigenvalue weighted by Gasteiger charge is -2.04. The molecule has 0 aliphatic rings. The Labute approximate surface area is 78.4 Å². The van der Waals surface area contributed by atoms with Crippen LogP contribution in [0.15, 0.2) is 0 Å². The Hall–Kier alpha value is -0.440. The maximum Gasteiger partial charge on any atom is 0.407 e. The minimum Gasteiger partial charge on any atom is -0.450 e. The number of carbonyl (C=O) groups excluding carboxylic acids is 1. The second-order valence-electron chi connectivity index (χ2n) is 2.46. The number of rotatable bonds is 6. The summed E-state index contributed by atoms with van der Waals surface area (Å²) in [6.45, 7) is 3.16. The van der Waals surface area contributed by atoms with Crippen molar-refractivity contribution < 1.29 is 9.53 Å². The summed E-state index contributed by atoms with van der Waals surface area (Å²) in [5.74, 6) is 0.530. The van der Waals surface area contributed by atoms with E-state index in [1.54, 1.807) is 0 Å². The highest BCUT2D eigenvalue weighted by Gasteiger charge is 1.98. The minimum absolute atomic E-state index is 0.339. The zero-order valence-corrected chi connectivity index (χ0v) is 8.19. The van der Waals surface area contributed by atoms with Crippen molar-refractivity contribution in [3.8, 4) is 0 Å². The summed E-state index contributed by atoms with van der Waals surface area (Å²) >= 11 is 5.40. The molecule has 0 heterocycles. The van der Waals surface area contributed by atoms with Crippen molar-refractivity contribution in [3.05, 3.63) is 0 Å². The van der Waals surface area contributed by atoms with Gasteiger partial charge < -0.3 is 10.1 Å². The molecular weight excluding hydrogens is 178 g/mol. The average molecular weight is 194 g/mol. The molecule has 0 aliphatic carbocycles. The highest BCUT2D eigenvalue weighted by atomic mass is 35.5. The molecule has 72 valence electrons. The topological polar surface area (TPSA) is 38.3 Å². The van der Waals surface area contributed by atoms with Gasteiger partial charge in [-0.2, -0.15) is 0 Å². The summed E-state index contributed by atoms with van der Waals surface area (Å²) in [4.78, 5) is 10.8. The van der Waals surface area contributed by atoms with Crippen molar-refractivity contribution in [1.82, 2.24) is 5.32 Å². The van der Waals surface area contributed by atoms with Gasteiger partial charge in [0, 0.05) is 12.4 Å². The molecule has 0 atom stereocenters. The number of alkyl carbamates (subject to hydrolysis) is 1. The van der Waals surface area contributed by atoms with Gasteiger partial charge in [0.15, 0.2) is 0 Å². The van der Waals surface area contributed by atoms with Gasteiger partial charge in [-0.15, -0.1) is 11.6 Å². The Kier molecular flexibility index (Phi) is 8.34. The minimum atomic E-state index is -0.339. The average Bonchev–Trinajstić information content (AvgIpc) is 2.06. The van der Waals surface area contributed by atoms with Gasteiger partial charge in [-0.05, 0) is 12.8 Å². The van der Waals surface area contributed by atoms with Crippen molar-refractivity contribution >= 4 is 17.7 Å². The molecule has 12 heavy (non-hydrogen) atoms. The second kappa shape index (κ2) is 8.65. The summed E-state index contributed by atoms with van der Waals surface area (Å²) in [7, 11) is 0. The smallest absolute Gasteiger partial charge is 0.407 e. The molecule has 1 amide bonds. The highest BCUT2D eigenvalue weighted by molar-refractivity contribution is 6.17. The Balaban J connectivity index is 3.10. The lowest BCUT2D eigenvalue weighted by molar-refractivity contribution is 0.146. The first-order valence-electron chi connectivity index (χ1n) is 4.27. The van der Waals surface area contributed by atoms with Gasteiger partial charge in [0.05, 0.1) is 6.61 Å². The Morgan fingerprint density at radius 1 is 1.50 bits per heavy atom. The van der Waals surface area contributed by atoms with E-state index in [-0.39, 0.29) is 6.09 Å². The van der Waals surface area contributed by atoms with Crippen molar-refractivity contribution in [3.63, 3.8) is 0 Å². The van der Waals surface area contributed by atoms with E-state index < -0.39 is 0 Å². The van der Waals surface area contributed by atoms with E-state index in [4.69, 9.17) is 16.3 Å². The van der Waals surface area contributed by atoms with E-state index in [1.165, 1.54) is 0 Å². The third kappa shape index (κ3) is 7.66. The zero-order chi connectivity index (χ0) is 9.23. The first-order chi connectivity index (χ1) is 5.81. The maximum atomic E-state index is 10.8. The molecule has 0 fully saturated rings. The molecule has 0 bridgehead atoms. The first kappa shape index (κ1) is 11.6. The van der Waals surface area contributed by atoms with Crippen LogP contribution < -0.4 is 5.32 Å². The molecule has 0 saturated heterocycles. The van der Waals surface area contributed by atoms with Gasteiger partial charge in [-0.25, -0.2) is 4.79 Å². The number of nitrogens with one attached hydrogen (secondary N) is 1. The number of alkyl halides is 1. The van der Waals surface area contributed by atoms with Gasteiger partial charge in [0.25, 0.3) is 0 Å². The SMILES string of the molecule is CCCCNC(=O)OCCCCl. The summed E-state index contributed by atoms with van der Waals surface area (Å²) < 4.78 is 4.79. The number of hydrogen-bond donors (Lipinski definition) is 1. The normalized spacial score (nSPS) is 9.50. The predicted molar refractivity (Wildman–Crippen MR) is 49.6 cm³/mol. The predicted octanol–water partition coefficient (Wildman–Crippen LogP) is 2.14. The van der Waals surface area contributed by atoms with Crippen LogP contribution in [0.25, 0.3) is 0 Å². The van der Waals surface area contributed by atoms with E-state index in [1.807, 2.05) is 0 Å². The highest BCUT2D eigenvalue weighted by Crippen LogP contribution is 1.88. The number of amides is 1. The van der Waals surface area contributed by atoms with Gasteiger partial charge in [0.1, 0.15) is 0 Å². The van der Waals surface area contributed by atoms with Crippen molar-refractivity contribution in [1.29, 1.82) is 0 Å². The number of hydrogen-bond acceptors (Lipinski definition) is 2. The molecule has 4 heteroatoms. The molecule has 0 unspecified atom stereocenters. The van der Waals surface area contributed by atoms with Gasteiger partial charge in [-0.3, -0.25) is 0 Å². The van der Waals surface area contributed by atoms with Crippen LogP contribution in [0.5, 0.6) is 0 Å². The summed E-state index contributed by atoms with van der Waals surface area (Å²) in [5, 5.41) is 2.64. The Bertz CT molecular complexity index is 108. The van der Waals surface area contributed by atoms with Crippen molar-refractivity contribution in [2.75, 3.05) is 19.0 Å². The Morgan fingerprint density at radius 3 is 2.83 bits per heavy atom. The van der Waals surface area contributed by atoms with Crippen LogP contribution in [0, 0.1) is 0 Å². The van der Waals surface area contributed by atoms with E-state index in [9.17, 15) is 4.79 Å². The van der Waals surface area contributed by atoms with Crippen LogP contribution in [-0.2, 0) is 4.74 Å². The molecular formula is C8H16ClNO2. The van der Waals surface area contributed by atoms with Crippen LogP contribution >= 0.6 is 11.6 Å². The van der Waals surface area contributed by atoms with E-state index in [2.05, 4.69) is 12.2 Å². The molecule has 0 rings (SSSR count). The number of carbonyl (C=O) groups is 1. The van der Waals surface area contributed by atoms with Crippen molar-refractivity contribution in [2.24, 2.45) is 0 Å². The van der Waals surface area contributed by atoms with Gasteiger partial charge >= 0.3 is 6.09 Å². The summed E-state index contributed by atoms with van der Waals surface area (Å²) in [6, 6.07) is 0. The standard InChI is InChI=1S/C8H16ClNO2/c1-2-3-6-10-8(11)12-7-4-5-9/h2-7H2,1H3,(H,10,11). The van der Waals surface area contributed by atoms with Crippen LogP contribution in [0.2, 0.25) is 0 Å². The van der Waals surface area contributed by atoms with Crippen LogP contribution in [-0.4, -0.2) is 25.1 Å². The fourth-order valence-corrected chi connectivity index (χ4v) is 0.747. The molecule has 0 saturated carbocycles. The monoisotopic (exact) mass is 193 g/mol. The molecule has 0 aromatic rings. The van der Waals surface area contributed by atoms with E-state index >= 15 is 0 Å². The van der Waals surface area contributed by atoms with Crippen LogP contribution in [0.1, 0.15) is 26.2 Å². The second-order valence-corrected chi connectivity index (χ2v) is 2.84. The van der Waals surface area contributed by atoms with Crippen molar-refractivity contribution in [2.45, 2.75) is 26.2 Å². The third-order valence-corrected chi connectivity index (χ3v) is 1.58. The fraction of sp³-hybridized carbons (Fsp3) is 0.875. The zero-order valence-electron chi connectivity index (χ0n) is 7.44. The Morgan fingerprint density at radius 2 is 2.25 bits per heavy atom. The first-order valence-corrected chi connectivity index (χ1v) is 4.81. The molecule has 0 aliphatic heterocycles. The van der Waals surface area contributed by atoms with Crippen LogP contribution in [0.3, 0.4) is 0 Å². The number of ether oxygens (including phenoxy) is 1. The summed E-state index contributed by atoms with van der Waals surface area (Å²) in [5.41, 5.74) is 0. The summed E-state index contributed by atoms with van der Waals surface area (Å²) in [6.07, 6.45) is 2.43.